The van der Waals surface area contributed by atoms with Gasteiger partial charge < -0.3 is 5.11 Å². The predicted molar refractivity (Wildman–Crippen MR) is 72.7 cm³/mol. The van der Waals surface area contributed by atoms with Gasteiger partial charge in [0, 0.05) is 6.04 Å². The Bertz CT molecular complexity index is 477. The Labute approximate surface area is 109 Å². The predicted octanol–water partition coefficient (Wildman–Crippen LogP) is 1.83. The topological polar surface area (TPSA) is 66.4 Å². The monoisotopic (exact) mass is 271 g/mol. The number of sulfonamides is 1. The molecule has 0 saturated carbocycles. The first kappa shape index (κ1) is 15.1. The summed E-state index contributed by atoms with van der Waals surface area (Å²) in [6, 6.07) is 8.43. The van der Waals surface area contributed by atoms with Gasteiger partial charge in [0.15, 0.2) is 0 Å². The molecule has 5 heteroatoms. The van der Waals surface area contributed by atoms with E-state index < -0.39 is 26.9 Å². The van der Waals surface area contributed by atoms with Crippen LogP contribution in [0.15, 0.2) is 30.3 Å². The fourth-order valence-corrected chi connectivity index (χ4v) is 2.40. The number of hydrogen-bond donors (Lipinski definition) is 2. The van der Waals surface area contributed by atoms with Crippen LogP contribution in [0.3, 0.4) is 0 Å². The first-order chi connectivity index (χ1) is 8.15. The Balaban J connectivity index is 2.82. The number of benzene rings is 1. The molecule has 0 fully saturated rings. The van der Waals surface area contributed by atoms with Crippen molar-refractivity contribution in [1.82, 2.24) is 4.72 Å². The molecule has 102 valence electrons. The minimum absolute atomic E-state index is 0.573. The summed E-state index contributed by atoms with van der Waals surface area (Å²) in [5.41, 5.74) is 0.696. The summed E-state index contributed by atoms with van der Waals surface area (Å²) in [5.74, 6) is 0. The average molecular weight is 271 g/mol. The average Bonchev–Trinajstić information content (AvgIpc) is 2.27. The van der Waals surface area contributed by atoms with Crippen LogP contribution in [0.25, 0.3) is 0 Å². The van der Waals surface area contributed by atoms with Crippen molar-refractivity contribution < 1.29 is 13.5 Å². The fourth-order valence-electron chi connectivity index (χ4n) is 1.42. The molecule has 0 bridgehead atoms. The third kappa shape index (κ3) is 3.54. The molecule has 1 aromatic carbocycles. The Morgan fingerprint density at radius 1 is 1.17 bits per heavy atom. The van der Waals surface area contributed by atoms with E-state index in [2.05, 4.69) is 4.72 Å². The maximum absolute atomic E-state index is 12.0. The summed E-state index contributed by atoms with van der Waals surface area (Å²) in [5, 5.41) is 10.1. The summed E-state index contributed by atoms with van der Waals surface area (Å²) < 4.78 is 25.6. The van der Waals surface area contributed by atoms with Gasteiger partial charge in [-0.1, -0.05) is 30.3 Å². The molecule has 0 spiro atoms. The highest BCUT2D eigenvalue weighted by molar-refractivity contribution is 7.90. The van der Waals surface area contributed by atoms with E-state index in [0.717, 1.165) is 0 Å². The standard InChI is InChI=1S/C13H21NO3S/c1-10(14-18(16,17)13(2,3)4)12(15)11-8-6-5-7-9-11/h5-10,12,14-15H,1-4H3/t10-,12-/m1/s1. The quantitative estimate of drug-likeness (QED) is 0.878. The van der Waals surface area contributed by atoms with Crippen LogP contribution >= 0.6 is 0 Å². The summed E-state index contributed by atoms with van der Waals surface area (Å²) in [7, 11) is -3.46. The van der Waals surface area contributed by atoms with Crippen molar-refractivity contribution >= 4 is 10.0 Å². The zero-order chi connectivity index (χ0) is 14.0. The van der Waals surface area contributed by atoms with Crippen molar-refractivity contribution in [2.45, 2.75) is 44.6 Å². The summed E-state index contributed by atoms with van der Waals surface area (Å²) in [6.45, 7) is 6.52. The van der Waals surface area contributed by atoms with E-state index in [9.17, 15) is 13.5 Å². The highest BCUT2D eigenvalue weighted by Crippen LogP contribution is 2.20. The van der Waals surface area contributed by atoms with Crippen molar-refractivity contribution in [1.29, 1.82) is 0 Å². The van der Waals surface area contributed by atoms with E-state index >= 15 is 0 Å². The first-order valence-corrected chi connectivity index (χ1v) is 7.38. The van der Waals surface area contributed by atoms with Crippen LogP contribution in [0.2, 0.25) is 0 Å². The summed E-state index contributed by atoms with van der Waals surface area (Å²) in [4.78, 5) is 0. The van der Waals surface area contributed by atoms with E-state index in [4.69, 9.17) is 0 Å². The molecular formula is C13H21NO3S. The van der Waals surface area contributed by atoms with Gasteiger partial charge in [-0.25, -0.2) is 13.1 Å². The lowest BCUT2D eigenvalue weighted by Gasteiger charge is -2.26. The van der Waals surface area contributed by atoms with Crippen molar-refractivity contribution in [3.8, 4) is 0 Å². The number of aliphatic hydroxyl groups is 1. The maximum Gasteiger partial charge on any atom is 0.216 e. The maximum atomic E-state index is 12.0. The van der Waals surface area contributed by atoms with Gasteiger partial charge in [-0.2, -0.15) is 0 Å². The molecule has 1 rings (SSSR count). The van der Waals surface area contributed by atoms with Gasteiger partial charge in [0.1, 0.15) is 0 Å². The van der Waals surface area contributed by atoms with Crippen molar-refractivity contribution in [2.24, 2.45) is 0 Å². The van der Waals surface area contributed by atoms with Gasteiger partial charge in [0.2, 0.25) is 10.0 Å². The summed E-state index contributed by atoms with van der Waals surface area (Å²) in [6.07, 6.45) is -0.858. The second-order valence-electron chi connectivity index (χ2n) is 5.38. The first-order valence-electron chi connectivity index (χ1n) is 5.90. The Kier molecular flexibility index (Phi) is 4.53. The van der Waals surface area contributed by atoms with E-state index in [1.165, 1.54) is 0 Å². The second kappa shape index (κ2) is 5.38. The Hall–Kier alpha value is -0.910. The SMILES string of the molecule is C[C@@H](NS(=O)(=O)C(C)(C)C)[C@@H](O)c1ccccc1. The van der Waals surface area contributed by atoms with E-state index in [1.54, 1.807) is 39.8 Å². The van der Waals surface area contributed by atoms with Crippen LogP contribution in [0.4, 0.5) is 0 Å². The summed E-state index contributed by atoms with van der Waals surface area (Å²) >= 11 is 0. The van der Waals surface area contributed by atoms with Gasteiger partial charge >= 0.3 is 0 Å². The van der Waals surface area contributed by atoms with Crippen molar-refractivity contribution in [3.05, 3.63) is 35.9 Å². The highest BCUT2D eigenvalue weighted by Gasteiger charge is 2.32. The molecule has 0 unspecified atom stereocenters. The second-order valence-corrected chi connectivity index (χ2v) is 7.85. The molecule has 18 heavy (non-hydrogen) atoms. The molecule has 1 aromatic rings. The molecule has 0 saturated heterocycles. The largest absolute Gasteiger partial charge is 0.387 e. The van der Waals surface area contributed by atoms with Crippen LogP contribution in [-0.2, 0) is 10.0 Å². The number of aliphatic hydroxyl groups excluding tert-OH is 1. The zero-order valence-corrected chi connectivity index (χ0v) is 12.0. The van der Waals surface area contributed by atoms with Crippen molar-refractivity contribution in [2.75, 3.05) is 0 Å². The lowest BCUT2D eigenvalue weighted by atomic mass is 10.0. The normalized spacial score (nSPS) is 16.3. The van der Waals surface area contributed by atoms with E-state index in [0.29, 0.717) is 5.56 Å². The van der Waals surface area contributed by atoms with Gasteiger partial charge in [0.25, 0.3) is 0 Å². The minimum Gasteiger partial charge on any atom is -0.387 e. The van der Waals surface area contributed by atoms with E-state index in [-0.39, 0.29) is 0 Å². The van der Waals surface area contributed by atoms with Crippen LogP contribution in [-0.4, -0.2) is 24.3 Å². The Morgan fingerprint density at radius 3 is 2.11 bits per heavy atom. The molecule has 0 amide bonds. The molecule has 0 heterocycles. The van der Waals surface area contributed by atoms with Crippen LogP contribution in [0.5, 0.6) is 0 Å². The molecule has 0 radical (unpaired) electrons. The lowest BCUT2D eigenvalue weighted by molar-refractivity contribution is 0.146. The van der Waals surface area contributed by atoms with Gasteiger partial charge in [-0.3, -0.25) is 0 Å². The minimum atomic E-state index is -3.46. The number of nitrogens with one attached hydrogen (secondary N) is 1. The highest BCUT2D eigenvalue weighted by atomic mass is 32.2. The van der Waals surface area contributed by atoms with Crippen LogP contribution in [0.1, 0.15) is 39.4 Å². The number of rotatable bonds is 4. The van der Waals surface area contributed by atoms with Gasteiger partial charge in [-0.15, -0.1) is 0 Å². The van der Waals surface area contributed by atoms with Gasteiger partial charge in [0.05, 0.1) is 10.9 Å². The molecule has 0 aliphatic carbocycles. The Morgan fingerprint density at radius 2 is 1.67 bits per heavy atom. The van der Waals surface area contributed by atoms with Crippen LogP contribution in [0, 0.1) is 0 Å². The van der Waals surface area contributed by atoms with Crippen molar-refractivity contribution in [3.63, 3.8) is 0 Å². The molecule has 0 aromatic heterocycles. The third-order valence-electron chi connectivity index (χ3n) is 2.76. The zero-order valence-electron chi connectivity index (χ0n) is 11.2. The smallest absolute Gasteiger partial charge is 0.216 e. The molecule has 4 nitrogen and oxygen atoms in total. The molecule has 0 aliphatic heterocycles. The molecule has 2 N–H and O–H groups in total. The fraction of sp³-hybridized carbons (Fsp3) is 0.538. The van der Waals surface area contributed by atoms with E-state index in [1.807, 2.05) is 18.2 Å². The molecule has 2 atom stereocenters. The third-order valence-corrected chi connectivity index (χ3v) is 5.06. The number of hydrogen-bond acceptors (Lipinski definition) is 3. The molecular weight excluding hydrogens is 250 g/mol. The lowest BCUT2D eigenvalue weighted by Crippen LogP contribution is -2.45. The molecule has 0 aliphatic rings. The van der Waals surface area contributed by atoms with Crippen LogP contribution < -0.4 is 4.72 Å². The van der Waals surface area contributed by atoms with Gasteiger partial charge in [-0.05, 0) is 33.3 Å².